The average molecular weight is 235 g/mol. The zero-order chi connectivity index (χ0) is 12.7. The summed E-state index contributed by atoms with van der Waals surface area (Å²) in [5, 5.41) is 3.58. The molecule has 0 fully saturated rings. The molecule has 1 N–H and O–H groups in total. The maximum atomic E-state index is 5.35. The number of nitrogens with one attached hydrogen (secondary N) is 1. The summed E-state index contributed by atoms with van der Waals surface area (Å²) < 4.78 is 5.35. The Kier molecular flexibility index (Phi) is 5.66. The predicted octanol–water partition coefficient (Wildman–Crippen LogP) is 2.98. The van der Waals surface area contributed by atoms with Crippen molar-refractivity contribution in [2.75, 3.05) is 20.3 Å². The van der Waals surface area contributed by atoms with E-state index in [1.807, 2.05) is 0 Å². The minimum Gasteiger partial charge on any atom is -0.383 e. The second-order valence-electron chi connectivity index (χ2n) is 5.05. The Labute approximate surface area is 105 Å². The molecule has 1 rings (SSSR count). The summed E-state index contributed by atoms with van der Waals surface area (Å²) in [6, 6.07) is 11.0. The van der Waals surface area contributed by atoms with Gasteiger partial charge >= 0.3 is 0 Å². The average Bonchev–Trinajstić information content (AvgIpc) is 2.35. The number of methoxy groups -OCH3 is 1. The van der Waals surface area contributed by atoms with Gasteiger partial charge in [0.05, 0.1) is 6.61 Å². The van der Waals surface area contributed by atoms with E-state index in [-0.39, 0.29) is 5.41 Å². The molecule has 1 unspecified atom stereocenters. The van der Waals surface area contributed by atoms with Gasteiger partial charge in [0.2, 0.25) is 0 Å². The Morgan fingerprint density at radius 1 is 1.24 bits per heavy atom. The van der Waals surface area contributed by atoms with Crippen LogP contribution in [-0.4, -0.2) is 26.3 Å². The molecule has 0 aliphatic rings. The van der Waals surface area contributed by atoms with Crippen molar-refractivity contribution >= 4 is 0 Å². The molecule has 0 aliphatic heterocycles. The molecule has 1 aromatic carbocycles. The highest BCUT2D eigenvalue weighted by molar-refractivity contribution is 5.25. The highest BCUT2D eigenvalue weighted by atomic mass is 16.5. The van der Waals surface area contributed by atoms with E-state index in [2.05, 4.69) is 56.4 Å². The third-order valence-electron chi connectivity index (χ3n) is 3.36. The molecule has 0 spiro atoms. The lowest BCUT2D eigenvalue weighted by molar-refractivity contribution is 0.135. The number of hydrogen-bond acceptors (Lipinski definition) is 2. The number of ether oxygens (including phenoxy) is 1. The van der Waals surface area contributed by atoms with Crippen LogP contribution in [0.3, 0.4) is 0 Å². The summed E-state index contributed by atoms with van der Waals surface area (Å²) in [6.45, 7) is 8.50. The first-order valence-corrected chi connectivity index (χ1v) is 6.40. The Balaban J connectivity index is 2.83. The van der Waals surface area contributed by atoms with Gasteiger partial charge in [-0.3, -0.25) is 0 Å². The fourth-order valence-corrected chi connectivity index (χ4v) is 2.08. The summed E-state index contributed by atoms with van der Waals surface area (Å²) in [7, 11) is 1.77. The summed E-state index contributed by atoms with van der Waals surface area (Å²) in [5.74, 6) is 0. The van der Waals surface area contributed by atoms with Gasteiger partial charge in [-0.1, -0.05) is 51.1 Å². The van der Waals surface area contributed by atoms with Crippen molar-refractivity contribution in [3.05, 3.63) is 35.9 Å². The van der Waals surface area contributed by atoms with E-state index in [0.29, 0.717) is 6.04 Å². The lowest BCUT2D eigenvalue weighted by Crippen LogP contribution is -2.48. The molecule has 0 heterocycles. The van der Waals surface area contributed by atoms with Crippen molar-refractivity contribution < 1.29 is 4.74 Å². The van der Waals surface area contributed by atoms with Crippen LogP contribution in [0.5, 0.6) is 0 Å². The smallest absolute Gasteiger partial charge is 0.0624 e. The number of benzene rings is 1. The first kappa shape index (κ1) is 14.2. The van der Waals surface area contributed by atoms with Crippen LogP contribution in [0.1, 0.15) is 32.8 Å². The Hall–Kier alpha value is -0.860. The maximum Gasteiger partial charge on any atom is 0.0624 e. The summed E-state index contributed by atoms with van der Waals surface area (Å²) in [5.41, 5.74) is 1.43. The highest BCUT2D eigenvalue weighted by Gasteiger charge is 2.30. The van der Waals surface area contributed by atoms with Gasteiger partial charge in [0.25, 0.3) is 0 Å². The molecule has 2 heteroatoms. The Morgan fingerprint density at radius 3 is 2.41 bits per heavy atom. The van der Waals surface area contributed by atoms with Crippen LogP contribution in [0.15, 0.2) is 30.3 Å². The van der Waals surface area contributed by atoms with E-state index in [1.165, 1.54) is 5.56 Å². The van der Waals surface area contributed by atoms with Crippen LogP contribution >= 0.6 is 0 Å². The lowest BCUT2D eigenvalue weighted by Gasteiger charge is -2.35. The summed E-state index contributed by atoms with van der Waals surface area (Å²) in [6.07, 6.45) is 1.14. The second-order valence-corrected chi connectivity index (χ2v) is 5.05. The standard InChI is InChI=1S/C15H25NO/c1-5-11-16-14(12-17-4)15(2,3)13-9-7-6-8-10-13/h6-10,14,16H,5,11-12H2,1-4H3. The van der Waals surface area contributed by atoms with Gasteiger partial charge in [0, 0.05) is 18.6 Å². The van der Waals surface area contributed by atoms with Crippen LogP contribution in [0.4, 0.5) is 0 Å². The van der Waals surface area contributed by atoms with Crippen LogP contribution in [-0.2, 0) is 10.2 Å². The number of hydrogen-bond donors (Lipinski definition) is 1. The maximum absolute atomic E-state index is 5.35. The van der Waals surface area contributed by atoms with Crippen molar-refractivity contribution in [3.63, 3.8) is 0 Å². The molecule has 0 aromatic heterocycles. The molecule has 0 aliphatic carbocycles. The Bertz CT molecular complexity index is 308. The van der Waals surface area contributed by atoms with E-state index in [9.17, 15) is 0 Å². The SMILES string of the molecule is CCCNC(COC)C(C)(C)c1ccccc1. The van der Waals surface area contributed by atoms with Gasteiger partial charge < -0.3 is 10.1 Å². The van der Waals surface area contributed by atoms with Gasteiger partial charge in [0.15, 0.2) is 0 Å². The third kappa shape index (κ3) is 3.83. The fourth-order valence-electron chi connectivity index (χ4n) is 2.08. The fraction of sp³-hybridized carbons (Fsp3) is 0.600. The van der Waals surface area contributed by atoms with Gasteiger partial charge in [-0.25, -0.2) is 0 Å². The molecule has 1 atom stereocenters. The van der Waals surface area contributed by atoms with Crippen molar-refractivity contribution in [1.82, 2.24) is 5.32 Å². The van der Waals surface area contributed by atoms with Gasteiger partial charge in [-0.05, 0) is 18.5 Å². The topological polar surface area (TPSA) is 21.3 Å². The minimum absolute atomic E-state index is 0.0758. The highest BCUT2D eigenvalue weighted by Crippen LogP contribution is 2.27. The Morgan fingerprint density at radius 2 is 1.88 bits per heavy atom. The van der Waals surface area contributed by atoms with Gasteiger partial charge in [-0.2, -0.15) is 0 Å². The van der Waals surface area contributed by atoms with E-state index in [4.69, 9.17) is 4.74 Å². The van der Waals surface area contributed by atoms with Gasteiger partial charge in [0.1, 0.15) is 0 Å². The molecule has 0 saturated heterocycles. The molecule has 17 heavy (non-hydrogen) atoms. The van der Waals surface area contributed by atoms with Crippen molar-refractivity contribution in [2.24, 2.45) is 0 Å². The van der Waals surface area contributed by atoms with E-state index < -0.39 is 0 Å². The summed E-state index contributed by atoms with van der Waals surface area (Å²) >= 11 is 0. The molecule has 0 amide bonds. The van der Waals surface area contributed by atoms with Crippen molar-refractivity contribution in [2.45, 2.75) is 38.6 Å². The molecule has 0 saturated carbocycles. The van der Waals surface area contributed by atoms with Crippen LogP contribution in [0.2, 0.25) is 0 Å². The van der Waals surface area contributed by atoms with E-state index in [1.54, 1.807) is 7.11 Å². The van der Waals surface area contributed by atoms with Crippen LogP contribution in [0.25, 0.3) is 0 Å². The van der Waals surface area contributed by atoms with Crippen molar-refractivity contribution in [1.29, 1.82) is 0 Å². The van der Waals surface area contributed by atoms with E-state index >= 15 is 0 Å². The largest absolute Gasteiger partial charge is 0.383 e. The molecule has 96 valence electrons. The number of rotatable bonds is 7. The first-order chi connectivity index (χ1) is 8.12. The molecular weight excluding hydrogens is 210 g/mol. The molecule has 0 radical (unpaired) electrons. The third-order valence-corrected chi connectivity index (χ3v) is 3.36. The summed E-state index contributed by atoms with van der Waals surface area (Å²) in [4.78, 5) is 0. The normalized spacial score (nSPS) is 13.6. The first-order valence-electron chi connectivity index (χ1n) is 6.40. The van der Waals surface area contributed by atoms with Gasteiger partial charge in [-0.15, -0.1) is 0 Å². The lowest BCUT2D eigenvalue weighted by atomic mass is 9.78. The molecule has 1 aromatic rings. The quantitative estimate of drug-likeness (QED) is 0.784. The minimum atomic E-state index is 0.0758. The van der Waals surface area contributed by atoms with Crippen LogP contribution < -0.4 is 5.32 Å². The predicted molar refractivity (Wildman–Crippen MR) is 73.4 cm³/mol. The zero-order valence-corrected chi connectivity index (χ0v) is 11.5. The second kappa shape index (κ2) is 6.77. The van der Waals surface area contributed by atoms with Crippen molar-refractivity contribution in [3.8, 4) is 0 Å². The molecular formula is C15H25NO. The molecule has 0 bridgehead atoms. The molecule has 2 nitrogen and oxygen atoms in total. The van der Waals surface area contributed by atoms with E-state index in [0.717, 1.165) is 19.6 Å². The zero-order valence-electron chi connectivity index (χ0n) is 11.5. The van der Waals surface area contributed by atoms with Crippen LogP contribution in [0, 0.1) is 0 Å². The monoisotopic (exact) mass is 235 g/mol.